The molecule has 0 rings (SSSR count). The highest BCUT2D eigenvalue weighted by Crippen LogP contribution is 2.38. The van der Waals surface area contributed by atoms with Gasteiger partial charge in [-0.15, -0.1) is 0 Å². The third-order valence-corrected chi connectivity index (χ3v) is 10.6. The van der Waals surface area contributed by atoms with Gasteiger partial charge in [0.05, 0.1) is 27.7 Å². The van der Waals surface area contributed by atoms with Crippen LogP contribution in [0.1, 0.15) is 194 Å². The van der Waals surface area contributed by atoms with Crippen molar-refractivity contribution in [1.82, 2.24) is 0 Å². The average Bonchev–Trinajstić information content (AvgIpc) is 3.15. The molecule has 0 aromatic heterocycles. The summed E-state index contributed by atoms with van der Waals surface area (Å²) >= 11 is 0. The molecule has 0 aromatic carbocycles. The minimum absolute atomic E-state index is 0.0332. The Kier molecular flexibility index (Phi) is 37.5. The Morgan fingerprint density at radius 2 is 0.964 bits per heavy atom. The molecule has 0 radical (unpaired) electrons. The molecule has 9 nitrogen and oxygen atoms in total. The van der Waals surface area contributed by atoms with E-state index in [0.717, 1.165) is 64.2 Å². The van der Waals surface area contributed by atoms with E-state index in [4.69, 9.17) is 18.5 Å². The predicted octanol–water partition coefficient (Wildman–Crippen LogP) is 12.3. The molecule has 0 aliphatic rings. The summed E-state index contributed by atoms with van der Waals surface area (Å²) in [7, 11) is 1.16. The molecule has 0 saturated carbocycles. The lowest BCUT2D eigenvalue weighted by Gasteiger charge is -2.28. The van der Waals surface area contributed by atoms with Crippen LogP contribution in [0.25, 0.3) is 0 Å². The van der Waals surface area contributed by atoms with E-state index in [1.165, 1.54) is 96.3 Å². The van der Waals surface area contributed by atoms with Crippen molar-refractivity contribution in [3.8, 4) is 0 Å². The van der Waals surface area contributed by atoms with Crippen molar-refractivity contribution in [2.45, 2.75) is 200 Å². The first kappa shape index (κ1) is 54.2. The molecular formula is C46H86NO8P. The molecule has 2 atom stereocenters. The molecule has 0 spiro atoms. The number of ether oxygens (including phenoxy) is 2. The number of rotatable bonds is 41. The molecule has 1 unspecified atom stereocenters. The maximum atomic E-state index is 12.7. The second kappa shape index (κ2) is 38.7. The van der Waals surface area contributed by atoms with Crippen LogP contribution in [0.4, 0.5) is 0 Å². The molecule has 0 N–H and O–H groups in total. The number of esters is 2. The van der Waals surface area contributed by atoms with Crippen LogP contribution in [-0.4, -0.2) is 70.0 Å². The average molecular weight is 812 g/mol. The van der Waals surface area contributed by atoms with Gasteiger partial charge in [-0.25, -0.2) is 0 Å². The van der Waals surface area contributed by atoms with E-state index >= 15 is 0 Å². The van der Waals surface area contributed by atoms with Gasteiger partial charge in [0.15, 0.2) is 6.10 Å². The summed E-state index contributed by atoms with van der Waals surface area (Å²) < 4.78 is 33.9. The number of allylic oxidation sites excluding steroid dienone is 6. The van der Waals surface area contributed by atoms with Gasteiger partial charge in [-0.1, -0.05) is 147 Å². The van der Waals surface area contributed by atoms with Gasteiger partial charge in [0.2, 0.25) is 0 Å². The number of hydrogen-bond donors (Lipinski definition) is 0. The number of nitrogens with zero attached hydrogens (tertiary/aromatic N) is 1. The van der Waals surface area contributed by atoms with Crippen LogP contribution < -0.4 is 4.89 Å². The normalized spacial score (nSPS) is 13.9. The fourth-order valence-electron chi connectivity index (χ4n) is 6.03. The van der Waals surface area contributed by atoms with E-state index < -0.39 is 32.5 Å². The standard InChI is InChI=1S/C46H86NO8P/c1-6-8-10-12-14-16-18-20-22-23-25-27-29-31-33-35-37-39-46(49)55-44(43-54-56(50,51)53-41-40-47(3,4)5)42-52-45(48)38-36-34-32-30-28-26-24-21-19-17-15-13-11-9-7-2/h14,16-17,19-20,22,44H,6-13,15,18,21,23-43H2,1-5H3/b16-14-,19-17-,22-20-/t44-/m1/s1. The van der Waals surface area contributed by atoms with Gasteiger partial charge in [-0.2, -0.15) is 0 Å². The summed E-state index contributed by atoms with van der Waals surface area (Å²) in [5, 5.41) is 0. The SMILES string of the molecule is CCCCC/C=C\C/C=C\CCCCCCCCCC(=O)O[C@H](COC(=O)CCCCCCCCC/C=C\CCCCCC)COP(=O)([O-])OCC[N+](C)(C)C. The first-order chi connectivity index (χ1) is 27.0. The summed E-state index contributed by atoms with van der Waals surface area (Å²) in [6, 6.07) is 0. The smallest absolute Gasteiger partial charge is 0.306 e. The first-order valence-electron chi connectivity index (χ1n) is 22.7. The Morgan fingerprint density at radius 3 is 1.46 bits per heavy atom. The fourth-order valence-corrected chi connectivity index (χ4v) is 6.76. The zero-order valence-electron chi connectivity index (χ0n) is 36.8. The minimum atomic E-state index is -4.63. The number of quaternary nitrogens is 1. The second-order valence-corrected chi connectivity index (χ2v) is 17.8. The van der Waals surface area contributed by atoms with Crippen molar-refractivity contribution in [2.75, 3.05) is 47.5 Å². The molecular weight excluding hydrogens is 725 g/mol. The van der Waals surface area contributed by atoms with E-state index in [1.54, 1.807) is 0 Å². The Hall–Kier alpha value is -1.77. The van der Waals surface area contributed by atoms with Crippen molar-refractivity contribution < 1.29 is 42.1 Å². The highest BCUT2D eigenvalue weighted by Gasteiger charge is 2.21. The highest BCUT2D eigenvalue weighted by atomic mass is 31.2. The monoisotopic (exact) mass is 812 g/mol. The molecule has 0 aliphatic heterocycles. The van der Waals surface area contributed by atoms with E-state index in [-0.39, 0.29) is 26.1 Å². The lowest BCUT2D eigenvalue weighted by Crippen LogP contribution is -2.37. The van der Waals surface area contributed by atoms with E-state index in [1.807, 2.05) is 21.1 Å². The van der Waals surface area contributed by atoms with Gasteiger partial charge >= 0.3 is 11.9 Å². The molecule has 0 fully saturated rings. The van der Waals surface area contributed by atoms with E-state index in [2.05, 4.69) is 50.3 Å². The topological polar surface area (TPSA) is 111 Å². The maximum Gasteiger partial charge on any atom is 0.306 e. The number of unbranched alkanes of at least 4 members (excludes halogenated alkanes) is 21. The minimum Gasteiger partial charge on any atom is -0.756 e. The van der Waals surface area contributed by atoms with Gasteiger partial charge in [-0.05, 0) is 70.6 Å². The van der Waals surface area contributed by atoms with Crippen LogP contribution in [0.3, 0.4) is 0 Å². The number of hydrogen-bond acceptors (Lipinski definition) is 8. The quantitative estimate of drug-likeness (QED) is 0.0197. The second-order valence-electron chi connectivity index (χ2n) is 16.4. The summed E-state index contributed by atoms with van der Waals surface area (Å²) in [6.07, 6.45) is 43.0. The van der Waals surface area contributed by atoms with Crippen LogP contribution in [0.2, 0.25) is 0 Å². The Bertz CT molecular complexity index is 1050. The Morgan fingerprint density at radius 1 is 0.554 bits per heavy atom. The van der Waals surface area contributed by atoms with Crippen LogP contribution in [0.5, 0.6) is 0 Å². The van der Waals surface area contributed by atoms with Gasteiger partial charge < -0.3 is 27.9 Å². The highest BCUT2D eigenvalue weighted by molar-refractivity contribution is 7.45. The Labute approximate surface area is 344 Å². The number of phosphoric acid groups is 1. The number of carbonyl (C=O) groups excluding carboxylic acids is 2. The summed E-state index contributed by atoms with van der Waals surface area (Å²) in [5.74, 6) is -0.847. The molecule has 0 amide bonds. The zero-order valence-corrected chi connectivity index (χ0v) is 37.7. The van der Waals surface area contributed by atoms with Crippen molar-refractivity contribution in [3.63, 3.8) is 0 Å². The summed E-state index contributed by atoms with van der Waals surface area (Å²) in [4.78, 5) is 37.6. The number of likely N-dealkylation sites (N-methyl/N-ethyl adjacent to an activating group) is 1. The predicted molar refractivity (Wildman–Crippen MR) is 231 cm³/mol. The molecule has 0 aliphatic carbocycles. The van der Waals surface area contributed by atoms with E-state index in [9.17, 15) is 19.0 Å². The molecule has 0 heterocycles. The maximum absolute atomic E-state index is 12.7. The molecule has 0 aromatic rings. The number of phosphoric ester groups is 1. The van der Waals surface area contributed by atoms with Gasteiger partial charge in [0.1, 0.15) is 19.8 Å². The lowest BCUT2D eigenvalue weighted by molar-refractivity contribution is -0.870. The largest absolute Gasteiger partial charge is 0.756 e. The van der Waals surface area contributed by atoms with Crippen molar-refractivity contribution in [3.05, 3.63) is 36.5 Å². The van der Waals surface area contributed by atoms with Gasteiger partial charge in [0.25, 0.3) is 7.82 Å². The summed E-state index contributed by atoms with van der Waals surface area (Å²) in [5.41, 5.74) is 0. The summed E-state index contributed by atoms with van der Waals surface area (Å²) in [6.45, 7) is 4.18. The van der Waals surface area contributed by atoms with Crippen molar-refractivity contribution in [1.29, 1.82) is 0 Å². The first-order valence-corrected chi connectivity index (χ1v) is 24.2. The van der Waals surface area contributed by atoms with Crippen LogP contribution in [0, 0.1) is 0 Å². The van der Waals surface area contributed by atoms with Crippen LogP contribution in [-0.2, 0) is 32.7 Å². The third-order valence-electron chi connectivity index (χ3n) is 9.63. The van der Waals surface area contributed by atoms with Crippen molar-refractivity contribution >= 4 is 19.8 Å². The molecule has 328 valence electrons. The lowest BCUT2D eigenvalue weighted by atomic mass is 10.1. The van der Waals surface area contributed by atoms with Gasteiger partial charge in [0, 0.05) is 12.8 Å². The van der Waals surface area contributed by atoms with Crippen LogP contribution >= 0.6 is 7.82 Å². The molecule has 0 saturated heterocycles. The fraction of sp³-hybridized carbons (Fsp3) is 0.826. The molecule has 0 bridgehead atoms. The molecule has 10 heteroatoms. The van der Waals surface area contributed by atoms with Crippen molar-refractivity contribution in [2.24, 2.45) is 0 Å². The third kappa shape index (κ3) is 41.9. The van der Waals surface area contributed by atoms with Gasteiger partial charge in [-0.3, -0.25) is 14.2 Å². The van der Waals surface area contributed by atoms with E-state index in [0.29, 0.717) is 17.4 Å². The van der Waals surface area contributed by atoms with Crippen LogP contribution in [0.15, 0.2) is 36.5 Å². The zero-order chi connectivity index (χ0) is 41.4. The number of carbonyl (C=O) groups is 2. The molecule has 56 heavy (non-hydrogen) atoms. The Balaban J connectivity index is 4.36.